The molecule has 2 aromatic rings. The van der Waals surface area contributed by atoms with Crippen molar-refractivity contribution in [3.8, 4) is 0 Å². The molecule has 0 spiro atoms. The van der Waals surface area contributed by atoms with Crippen molar-refractivity contribution in [3.05, 3.63) is 41.2 Å². The van der Waals surface area contributed by atoms with E-state index in [-0.39, 0.29) is 0 Å². The van der Waals surface area contributed by atoms with Gasteiger partial charge in [-0.25, -0.2) is 0 Å². The third kappa shape index (κ3) is 1.74. The molecule has 1 aromatic carbocycles. The third-order valence-electron chi connectivity index (χ3n) is 2.92. The first kappa shape index (κ1) is 10.2. The van der Waals surface area contributed by atoms with Gasteiger partial charge in [-0.1, -0.05) is 32.0 Å². The zero-order valence-electron chi connectivity index (χ0n) is 9.67. The van der Waals surface area contributed by atoms with Crippen molar-refractivity contribution >= 4 is 10.8 Å². The van der Waals surface area contributed by atoms with Crippen molar-refractivity contribution < 1.29 is 0 Å². The number of hydrogen-bond acceptors (Lipinski definition) is 1. The maximum atomic E-state index is 4.68. The van der Waals surface area contributed by atoms with Crippen LogP contribution >= 0.6 is 0 Å². The first-order chi connectivity index (χ1) is 7.26. The zero-order valence-corrected chi connectivity index (χ0v) is 9.67. The number of fused-ring (bicyclic) bond motifs is 1. The number of rotatable bonds is 2. The lowest BCUT2D eigenvalue weighted by atomic mass is 10.0. The van der Waals surface area contributed by atoms with Crippen molar-refractivity contribution in [3.63, 3.8) is 0 Å². The van der Waals surface area contributed by atoms with E-state index < -0.39 is 0 Å². The molecule has 0 atom stereocenters. The molecule has 0 radical (unpaired) electrons. The second kappa shape index (κ2) is 4.01. The van der Waals surface area contributed by atoms with Gasteiger partial charge < -0.3 is 0 Å². The SMILES string of the molecule is CCc1cc2c(C)cccc2c(CC)n1. The van der Waals surface area contributed by atoms with Crippen LogP contribution in [0.1, 0.15) is 30.8 Å². The molecule has 0 unspecified atom stereocenters. The molecule has 0 aliphatic rings. The van der Waals surface area contributed by atoms with Crippen LogP contribution in [-0.2, 0) is 12.8 Å². The molecule has 0 saturated heterocycles. The van der Waals surface area contributed by atoms with Crippen LogP contribution in [0.5, 0.6) is 0 Å². The van der Waals surface area contributed by atoms with Crippen LogP contribution in [0, 0.1) is 6.92 Å². The van der Waals surface area contributed by atoms with Crippen LogP contribution in [0.3, 0.4) is 0 Å². The second-order valence-corrected chi connectivity index (χ2v) is 3.94. The minimum Gasteiger partial charge on any atom is -0.257 e. The van der Waals surface area contributed by atoms with Gasteiger partial charge in [0.2, 0.25) is 0 Å². The molecule has 0 N–H and O–H groups in total. The Morgan fingerprint density at radius 2 is 1.87 bits per heavy atom. The van der Waals surface area contributed by atoms with E-state index in [1.54, 1.807) is 0 Å². The van der Waals surface area contributed by atoms with Gasteiger partial charge in [0.15, 0.2) is 0 Å². The lowest BCUT2D eigenvalue weighted by Gasteiger charge is -2.08. The van der Waals surface area contributed by atoms with Gasteiger partial charge in [0, 0.05) is 16.8 Å². The summed E-state index contributed by atoms with van der Waals surface area (Å²) in [7, 11) is 0. The number of benzene rings is 1. The van der Waals surface area contributed by atoms with E-state index in [4.69, 9.17) is 0 Å². The van der Waals surface area contributed by atoms with Crippen molar-refractivity contribution in [2.75, 3.05) is 0 Å². The number of pyridine rings is 1. The summed E-state index contributed by atoms with van der Waals surface area (Å²) >= 11 is 0. The summed E-state index contributed by atoms with van der Waals surface area (Å²) in [6.07, 6.45) is 2.02. The number of aromatic nitrogens is 1. The molecule has 0 aliphatic carbocycles. The summed E-state index contributed by atoms with van der Waals surface area (Å²) < 4.78 is 0. The summed E-state index contributed by atoms with van der Waals surface area (Å²) in [5, 5.41) is 2.68. The van der Waals surface area contributed by atoms with Gasteiger partial charge in [0.05, 0.1) is 0 Å². The lowest BCUT2D eigenvalue weighted by Crippen LogP contribution is -1.96. The Balaban J connectivity index is 2.80. The van der Waals surface area contributed by atoms with E-state index in [0.29, 0.717) is 0 Å². The fraction of sp³-hybridized carbons (Fsp3) is 0.357. The molecular formula is C14H17N. The van der Waals surface area contributed by atoms with E-state index in [1.807, 2.05) is 0 Å². The van der Waals surface area contributed by atoms with Gasteiger partial charge in [-0.15, -0.1) is 0 Å². The van der Waals surface area contributed by atoms with E-state index >= 15 is 0 Å². The Bertz CT molecular complexity index is 486. The van der Waals surface area contributed by atoms with Crippen LogP contribution in [0.4, 0.5) is 0 Å². The van der Waals surface area contributed by atoms with Crippen molar-refractivity contribution in [2.24, 2.45) is 0 Å². The average molecular weight is 199 g/mol. The summed E-state index contributed by atoms with van der Waals surface area (Å²) in [6.45, 7) is 6.50. The Kier molecular flexibility index (Phi) is 2.72. The van der Waals surface area contributed by atoms with Gasteiger partial charge in [-0.05, 0) is 36.8 Å². The molecule has 0 bridgehead atoms. The molecule has 1 heteroatoms. The molecule has 1 heterocycles. The summed E-state index contributed by atoms with van der Waals surface area (Å²) in [5.74, 6) is 0. The van der Waals surface area contributed by atoms with Gasteiger partial charge in [-0.3, -0.25) is 4.98 Å². The smallest absolute Gasteiger partial charge is 0.0482 e. The zero-order chi connectivity index (χ0) is 10.8. The Labute approximate surface area is 91.2 Å². The molecule has 0 amide bonds. The lowest BCUT2D eigenvalue weighted by molar-refractivity contribution is 0.971. The highest BCUT2D eigenvalue weighted by Crippen LogP contribution is 2.22. The Hall–Kier alpha value is -1.37. The maximum Gasteiger partial charge on any atom is 0.0482 e. The second-order valence-electron chi connectivity index (χ2n) is 3.94. The molecular weight excluding hydrogens is 182 g/mol. The molecule has 15 heavy (non-hydrogen) atoms. The molecule has 0 saturated carbocycles. The largest absolute Gasteiger partial charge is 0.257 e. The van der Waals surface area contributed by atoms with Crippen molar-refractivity contribution in [2.45, 2.75) is 33.6 Å². The third-order valence-corrected chi connectivity index (χ3v) is 2.92. The standard InChI is InChI=1S/C14H17N/c1-4-11-9-13-10(3)7-6-8-12(13)14(5-2)15-11/h6-9H,4-5H2,1-3H3. The number of hydrogen-bond donors (Lipinski definition) is 0. The Morgan fingerprint density at radius 1 is 1.07 bits per heavy atom. The minimum absolute atomic E-state index is 1.01. The van der Waals surface area contributed by atoms with Crippen molar-refractivity contribution in [1.82, 2.24) is 4.98 Å². The van der Waals surface area contributed by atoms with E-state index in [1.165, 1.54) is 27.7 Å². The highest BCUT2D eigenvalue weighted by atomic mass is 14.7. The van der Waals surface area contributed by atoms with Crippen LogP contribution < -0.4 is 0 Å². The fourth-order valence-electron chi connectivity index (χ4n) is 2.01. The van der Waals surface area contributed by atoms with Crippen LogP contribution in [0.25, 0.3) is 10.8 Å². The van der Waals surface area contributed by atoms with Gasteiger partial charge in [0.1, 0.15) is 0 Å². The van der Waals surface area contributed by atoms with Crippen molar-refractivity contribution in [1.29, 1.82) is 0 Å². The molecule has 78 valence electrons. The molecule has 2 rings (SSSR count). The van der Waals surface area contributed by atoms with Gasteiger partial charge in [-0.2, -0.15) is 0 Å². The maximum absolute atomic E-state index is 4.68. The highest BCUT2D eigenvalue weighted by molar-refractivity contribution is 5.87. The van der Waals surface area contributed by atoms with E-state index in [2.05, 4.69) is 50.0 Å². The molecule has 1 nitrogen and oxygen atoms in total. The summed E-state index contributed by atoms with van der Waals surface area (Å²) in [4.78, 5) is 4.68. The molecule has 0 aliphatic heterocycles. The average Bonchev–Trinajstić information content (AvgIpc) is 2.28. The number of nitrogens with zero attached hydrogens (tertiary/aromatic N) is 1. The molecule has 0 fully saturated rings. The first-order valence-corrected chi connectivity index (χ1v) is 5.64. The summed E-state index contributed by atoms with van der Waals surface area (Å²) in [6, 6.07) is 8.68. The van der Waals surface area contributed by atoms with Crippen LogP contribution in [0.2, 0.25) is 0 Å². The monoisotopic (exact) mass is 199 g/mol. The topological polar surface area (TPSA) is 12.9 Å². The first-order valence-electron chi connectivity index (χ1n) is 5.64. The van der Waals surface area contributed by atoms with Gasteiger partial charge >= 0.3 is 0 Å². The quantitative estimate of drug-likeness (QED) is 0.719. The van der Waals surface area contributed by atoms with E-state index in [0.717, 1.165) is 12.8 Å². The highest BCUT2D eigenvalue weighted by Gasteiger charge is 2.04. The van der Waals surface area contributed by atoms with Crippen LogP contribution in [-0.4, -0.2) is 4.98 Å². The minimum atomic E-state index is 1.01. The predicted molar refractivity (Wildman–Crippen MR) is 65.2 cm³/mol. The van der Waals surface area contributed by atoms with Gasteiger partial charge in [0.25, 0.3) is 0 Å². The summed E-state index contributed by atoms with van der Waals surface area (Å²) in [5.41, 5.74) is 3.78. The Morgan fingerprint density at radius 3 is 2.53 bits per heavy atom. The van der Waals surface area contributed by atoms with Crippen LogP contribution in [0.15, 0.2) is 24.3 Å². The fourth-order valence-corrected chi connectivity index (χ4v) is 2.01. The van der Waals surface area contributed by atoms with E-state index in [9.17, 15) is 0 Å². The molecule has 1 aromatic heterocycles. The predicted octanol–water partition coefficient (Wildman–Crippen LogP) is 3.67. The number of aryl methyl sites for hydroxylation is 3. The normalized spacial score (nSPS) is 10.9.